The van der Waals surface area contributed by atoms with Crippen LogP contribution in [0.5, 0.6) is 0 Å². The lowest BCUT2D eigenvalue weighted by molar-refractivity contribution is 0.489. The average Bonchev–Trinajstić information content (AvgIpc) is 3.58. The summed E-state index contributed by atoms with van der Waals surface area (Å²) in [6, 6.07) is 22.1. The van der Waals surface area contributed by atoms with Crippen LogP contribution in [0.25, 0.3) is 21.8 Å². The molecule has 0 saturated heterocycles. The molecule has 228 valence electrons. The molecule has 0 saturated carbocycles. The first-order valence-electron chi connectivity index (χ1n) is 14.0. The molecule has 2 atom stereocenters. The Labute approximate surface area is 271 Å². The minimum absolute atomic E-state index is 0.0836. The molecular formula is C31H29Br2N5O5S. The highest BCUT2D eigenvalue weighted by Crippen LogP contribution is 2.28. The second-order valence-electron chi connectivity index (χ2n) is 10.6. The van der Waals surface area contributed by atoms with Gasteiger partial charge in [-0.1, -0.05) is 62.2 Å². The van der Waals surface area contributed by atoms with E-state index < -0.39 is 10.6 Å². The summed E-state index contributed by atoms with van der Waals surface area (Å²) in [7, 11) is -1.20. The van der Waals surface area contributed by atoms with Crippen molar-refractivity contribution in [1.82, 2.24) is 24.4 Å². The van der Waals surface area contributed by atoms with E-state index in [2.05, 4.69) is 54.3 Å². The maximum Gasteiger partial charge on any atom is 0.425 e. The Morgan fingerprint density at radius 1 is 0.773 bits per heavy atom. The van der Waals surface area contributed by atoms with Crippen molar-refractivity contribution in [1.29, 1.82) is 0 Å². The number of nitrogens with zero attached hydrogens (tertiary/aromatic N) is 4. The van der Waals surface area contributed by atoms with Crippen LogP contribution in [0.2, 0.25) is 0 Å². The van der Waals surface area contributed by atoms with E-state index in [1.165, 1.54) is 5.56 Å². The van der Waals surface area contributed by atoms with E-state index in [9.17, 15) is 9.59 Å². The molecule has 0 bridgehead atoms. The topological polar surface area (TPSA) is 133 Å². The Kier molecular flexibility index (Phi) is 10.2. The minimum atomic E-state index is -3.11. The average molecular weight is 743 g/mol. The number of aryl methyl sites for hydroxylation is 2. The van der Waals surface area contributed by atoms with Crippen LogP contribution in [0.1, 0.15) is 42.1 Å². The molecule has 2 aliphatic rings. The van der Waals surface area contributed by atoms with Gasteiger partial charge in [0, 0.05) is 34.4 Å². The van der Waals surface area contributed by atoms with Gasteiger partial charge >= 0.3 is 10.6 Å². The molecule has 44 heavy (non-hydrogen) atoms. The second kappa shape index (κ2) is 14.1. The SMILES string of the molecule is CNCC1CCc2nc3cc(Br)ccc3c(=O)n21.O=S(=O)=O.O=c1c2ccc(Br)cc2nc2n1C(Cc1ccccc1)CC2. The summed E-state index contributed by atoms with van der Waals surface area (Å²) in [4.78, 5) is 34.7. The van der Waals surface area contributed by atoms with Gasteiger partial charge in [-0.25, -0.2) is 9.97 Å². The predicted octanol–water partition coefficient (Wildman–Crippen LogP) is 4.75. The third-order valence-electron chi connectivity index (χ3n) is 7.76. The van der Waals surface area contributed by atoms with E-state index in [0.717, 1.165) is 70.3 Å². The van der Waals surface area contributed by atoms with Crippen LogP contribution in [-0.4, -0.2) is 45.3 Å². The van der Waals surface area contributed by atoms with Crippen molar-refractivity contribution in [3.63, 3.8) is 0 Å². The third-order valence-corrected chi connectivity index (χ3v) is 8.75. The van der Waals surface area contributed by atoms with Gasteiger partial charge in [-0.15, -0.1) is 12.6 Å². The van der Waals surface area contributed by atoms with E-state index in [1.807, 2.05) is 70.8 Å². The number of hydrogen-bond acceptors (Lipinski definition) is 8. The highest BCUT2D eigenvalue weighted by Gasteiger charge is 2.26. The fourth-order valence-corrected chi connectivity index (χ4v) is 6.60. The minimum Gasteiger partial charge on any atom is -0.318 e. The number of halogens is 2. The van der Waals surface area contributed by atoms with Gasteiger partial charge in [-0.3, -0.25) is 18.7 Å². The van der Waals surface area contributed by atoms with Crippen LogP contribution in [0.3, 0.4) is 0 Å². The number of fused-ring (bicyclic) bond motifs is 4. The monoisotopic (exact) mass is 741 g/mol. The standard InChI is InChI=1S/C18H15BrN2O.C13H14BrN3O.O3S/c19-13-6-8-15-16(11-13)20-17-9-7-14(21(17)18(15)22)10-12-4-2-1-3-5-12;1-15-7-9-3-5-12-16-11-6-8(14)2-4-10(11)13(18)17(9)12;1-4(2)3/h1-6,8,11,14H,7,9-10H2;2,4,6,9,15H,3,5,7H2,1H3;. The van der Waals surface area contributed by atoms with Gasteiger partial charge in [-0.05, 0) is 68.3 Å². The molecule has 0 spiro atoms. The first-order valence-corrected chi connectivity index (χ1v) is 16.6. The quantitative estimate of drug-likeness (QED) is 0.279. The van der Waals surface area contributed by atoms with Gasteiger partial charge in [0.05, 0.1) is 27.8 Å². The molecule has 0 radical (unpaired) electrons. The molecule has 2 unspecified atom stereocenters. The van der Waals surface area contributed by atoms with Crippen LogP contribution in [0.15, 0.2) is 85.3 Å². The normalized spacial score (nSPS) is 16.4. The molecule has 0 fully saturated rings. The zero-order valence-electron chi connectivity index (χ0n) is 23.7. The first kappa shape index (κ1) is 31.9. The Hall–Kier alpha value is -3.52. The van der Waals surface area contributed by atoms with Crippen LogP contribution in [0, 0.1) is 0 Å². The second-order valence-corrected chi connectivity index (χ2v) is 12.8. The van der Waals surface area contributed by atoms with Crippen molar-refractivity contribution in [2.75, 3.05) is 13.6 Å². The Morgan fingerprint density at radius 2 is 1.25 bits per heavy atom. The highest BCUT2D eigenvalue weighted by molar-refractivity contribution is 9.10. The molecule has 4 heterocycles. The fourth-order valence-electron chi connectivity index (χ4n) is 5.90. The van der Waals surface area contributed by atoms with Gasteiger partial charge in [-0.2, -0.15) is 0 Å². The number of benzene rings is 3. The number of nitrogens with one attached hydrogen (secondary N) is 1. The zero-order chi connectivity index (χ0) is 31.4. The summed E-state index contributed by atoms with van der Waals surface area (Å²) in [6.45, 7) is 0.816. The van der Waals surface area contributed by atoms with Crippen molar-refractivity contribution in [3.8, 4) is 0 Å². The Morgan fingerprint density at radius 3 is 1.75 bits per heavy atom. The van der Waals surface area contributed by atoms with Gasteiger partial charge < -0.3 is 5.32 Å². The number of rotatable bonds is 4. The lowest BCUT2D eigenvalue weighted by Gasteiger charge is -2.15. The predicted molar refractivity (Wildman–Crippen MR) is 176 cm³/mol. The molecule has 3 aromatic carbocycles. The van der Waals surface area contributed by atoms with E-state index >= 15 is 0 Å². The molecule has 7 rings (SSSR count). The number of hydrogen-bond donors (Lipinski definition) is 1. The molecule has 13 heteroatoms. The van der Waals surface area contributed by atoms with Crippen LogP contribution < -0.4 is 16.4 Å². The summed E-state index contributed by atoms with van der Waals surface area (Å²) in [5, 5.41) is 4.54. The van der Waals surface area contributed by atoms with Crippen molar-refractivity contribution >= 4 is 64.3 Å². The molecule has 1 N–H and O–H groups in total. The van der Waals surface area contributed by atoms with Crippen LogP contribution in [-0.2, 0) is 29.9 Å². The van der Waals surface area contributed by atoms with E-state index in [4.69, 9.17) is 17.6 Å². The largest absolute Gasteiger partial charge is 0.425 e. The lowest BCUT2D eigenvalue weighted by Crippen LogP contribution is -2.29. The maximum absolute atomic E-state index is 12.8. The third kappa shape index (κ3) is 7.06. The fraction of sp³-hybridized carbons (Fsp3) is 0.290. The van der Waals surface area contributed by atoms with Gasteiger partial charge in [0.1, 0.15) is 11.6 Å². The summed E-state index contributed by atoms with van der Waals surface area (Å²) in [6.07, 6.45) is 4.60. The van der Waals surface area contributed by atoms with Gasteiger partial charge in [0.15, 0.2) is 0 Å². The van der Waals surface area contributed by atoms with Crippen LogP contribution >= 0.6 is 31.9 Å². The van der Waals surface area contributed by atoms with E-state index in [1.54, 1.807) is 0 Å². The zero-order valence-corrected chi connectivity index (χ0v) is 27.7. The lowest BCUT2D eigenvalue weighted by atomic mass is 10.0. The van der Waals surface area contributed by atoms with Crippen LogP contribution in [0.4, 0.5) is 0 Å². The van der Waals surface area contributed by atoms with E-state index in [-0.39, 0.29) is 23.2 Å². The summed E-state index contributed by atoms with van der Waals surface area (Å²) in [5.41, 5.74) is 3.01. The summed E-state index contributed by atoms with van der Waals surface area (Å²) >= 11 is 6.86. The molecule has 10 nitrogen and oxygen atoms in total. The molecule has 2 aliphatic heterocycles. The summed E-state index contributed by atoms with van der Waals surface area (Å²) in [5.74, 6) is 1.82. The van der Waals surface area contributed by atoms with Gasteiger partial charge in [0.2, 0.25) is 0 Å². The maximum atomic E-state index is 12.8. The number of aromatic nitrogens is 4. The van der Waals surface area contributed by atoms with Crippen molar-refractivity contribution < 1.29 is 12.6 Å². The Balaban J connectivity index is 0.000000158. The first-order chi connectivity index (χ1) is 21.2. The smallest absolute Gasteiger partial charge is 0.318 e. The highest BCUT2D eigenvalue weighted by atomic mass is 79.9. The number of likely N-dealkylation sites (N-methyl/N-ethyl adjacent to an activating group) is 1. The molecule has 0 amide bonds. The molecule has 0 aliphatic carbocycles. The van der Waals surface area contributed by atoms with Gasteiger partial charge in [0.25, 0.3) is 11.1 Å². The van der Waals surface area contributed by atoms with Crippen molar-refractivity contribution in [3.05, 3.63) is 114 Å². The molecule has 5 aromatic rings. The van der Waals surface area contributed by atoms with E-state index in [0.29, 0.717) is 10.8 Å². The summed E-state index contributed by atoms with van der Waals surface area (Å²) < 4.78 is 31.0. The molecule has 2 aromatic heterocycles. The van der Waals surface area contributed by atoms with Crippen molar-refractivity contribution in [2.45, 2.75) is 44.2 Å². The molecular weight excluding hydrogens is 714 g/mol. The van der Waals surface area contributed by atoms with Crippen molar-refractivity contribution in [2.24, 2.45) is 0 Å². The Bertz CT molecular complexity index is 2060.